The lowest BCUT2D eigenvalue weighted by atomic mass is 9.83. The topological polar surface area (TPSA) is 59.0 Å². The number of nitrogens with one attached hydrogen (secondary N) is 2. The maximum Gasteiger partial charge on any atom is 0.227 e. The fourth-order valence-electron chi connectivity index (χ4n) is 2.47. The Bertz CT molecular complexity index is 368. The molecule has 1 aromatic heterocycles. The summed E-state index contributed by atoms with van der Waals surface area (Å²) >= 11 is 0. The molecule has 1 fully saturated rings. The molecular weight excluding hydrogens is 228 g/mol. The van der Waals surface area contributed by atoms with Gasteiger partial charge in [-0.3, -0.25) is 4.79 Å². The second kappa shape index (κ2) is 6.00. The van der Waals surface area contributed by atoms with Crippen molar-refractivity contribution in [2.24, 2.45) is 5.41 Å². The first-order valence-electron chi connectivity index (χ1n) is 6.71. The number of amides is 1. The van der Waals surface area contributed by atoms with Gasteiger partial charge in [-0.05, 0) is 25.8 Å². The van der Waals surface area contributed by atoms with Gasteiger partial charge in [-0.15, -0.1) is 0 Å². The van der Waals surface area contributed by atoms with Crippen LogP contribution in [0.4, 0.5) is 0 Å². The number of hydrogen-bond acceptors (Lipinski definition) is 3. The first-order chi connectivity index (χ1) is 8.77. The van der Waals surface area contributed by atoms with Crippen LogP contribution in [0, 0.1) is 5.41 Å². The Hall–Kier alpha value is -1.36. The van der Waals surface area contributed by atoms with E-state index >= 15 is 0 Å². The molecule has 18 heavy (non-hydrogen) atoms. The number of rotatable bonds is 6. The molecule has 0 radical (unpaired) electrons. The molecule has 2 N–H and O–H groups in total. The van der Waals surface area contributed by atoms with Gasteiger partial charge in [-0.1, -0.05) is 6.92 Å². The van der Waals surface area contributed by atoms with E-state index < -0.39 is 0 Å². The van der Waals surface area contributed by atoms with Gasteiger partial charge in [0.15, 0.2) is 0 Å². The lowest BCUT2D eigenvalue weighted by Gasteiger charge is -2.25. The number of carbonyl (C=O) groups is 1. The van der Waals surface area contributed by atoms with E-state index in [1.165, 1.54) is 0 Å². The third-order valence-corrected chi connectivity index (χ3v) is 3.84. The number of carbonyl (C=O) groups excluding carboxylic acids is 1. The third-order valence-electron chi connectivity index (χ3n) is 3.84. The zero-order valence-corrected chi connectivity index (χ0v) is 11.0. The van der Waals surface area contributed by atoms with Crippen molar-refractivity contribution in [2.75, 3.05) is 19.6 Å². The SMILES string of the molecule is CCC1(C(=O)NCCCn2ccnc2)CCNC1. The minimum absolute atomic E-state index is 0.172. The van der Waals surface area contributed by atoms with Crippen molar-refractivity contribution in [1.29, 1.82) is 0 Å². The smallest absolute Gasteiger partial charge is 0.227 e. The second-order valence-corrected chi connectivity index (χ2v) is 4.97. The van der Waals surface area contributed by atoms with Crippen molar-refractivity contribution in [3.8, 4) is 0 Å². The van der Waals surface area contributed by atoms with Gasteiger partial charge in [0.2, 0.25) is 5.91 Å². The van der Waals surface area contributed by atoms with E-state index in [1.54, 1.807) is 12.5 Å². The molecule has 1 atom stereocenters. The Balaban J connectivity index is 1.71. The quantitative estimate of drug-likeness (QED) is 0.734. The van der Waals surface area contributed by atoms with Crippen LogP contribution in [-0.4, -0.2) is 35.1 Å². The molecule has 5 nitrogen and oxygen atoms in total. The molecule has 1 unspecified atom stereocenters. The highest BCUT2D eigenvalue weighted by atomic mass is 16.2. The van der Waals surface area contributed by atoms with E-state index in [4.69, 9.17) is 0 Å². The van der Waals surface area contributed by atoms with E-state index in [0.29, 0.717) is 0 Å². The lowest BCUT2D eigenvalue weighted by Crippen LogP contribution is -2.42. The molecular formula is C13H22N4O. The summed E-state index contributed by atoms with van der Waals surface area (Å²) in [6.45, 7) is 5.50. The number of aromatic nitrogens is 2. The van der Waals surface area contributed by atoms with Gasteiger partial charge < -0.3 is 15.2 Å². The molecule has 100 valence electrons. The Kier molecular flexibility index (Phi) is 4.36. The molecule has 1 aliphatic rings. The van der Waals surface area contributed by atoms with Crippen LogP contribution in [0.5, 0.6) is 0 Å². The number of hydrogen-bond donors (Lipinski definition) is 2. The van der Waals surface area contributed by atoms with Crippen molar-refractivity contribution < 1.29 is 4.79 Å². The minimum Gasteiger partial charge on any atom is -0.356 e. The normalized spacial score (nSPS) is 23.2. The highest BCUT2D eigenvalue weighted by molar-refractivity contribution is 5.83. The summed E-state index contributed by atoms with van der Waals surface area (Å²) < 4.78 is 2.03. The molecule has 0 bridgehead atoms. The molecule has 0 saturated carbocycles. The van der Waals surface area contributed by atoms with Crippen molar-refractivity contribution >= 4 is 5.91 Å². The molecule has 1 amide bonds. The fraction of sp³-hybridized carbons (Fsp3) is 0.692. The van der Waals surface area contributed by atoms with Crippen LogP contribution in [-0.2, 0) is 11.3 Å². The van der Waals surface area contributed by atoms with Gasteiger partial charge in [-0.25, -0.2) is 4.98 Å². The highest BCUT2D eigenvalue weighted by Crippen LogP contribution is 2.29. The summed E-state index contributed by atoms with van der Waals surface area (Å²) in [5, 5.41) is 6.35. The van der Waals surface area contributed by atoms with E-state index in [2.05, 4.69) is 22.5 Å². The van der Waals surface area contributed by atoms with Crippen LogP contribution in [0.15, 0.2) is 18.7 Å². The molecule has 5 heteroatoms. The Morgan fingerprint density at radius 2 is 2.50 bits per heavy atom. The molecule has 0 spiro atoms. The fourth-order valence-corrected chi connectivity index (χ4v) is 2.47. The predicted octanol–water partition coefficient (Wildman–Crippen LogP) is 0.779. The van der Waals surface area contributed by atoms with E-state index in [-0.39, 0.29) is 11.3 Å². The first kappa shape index (κ1) is 13.1. The molecule has 1 aromatic rings. The predicted molar refractivity (Wildman–Crippen MR) is 70.1 cm³/mol. The summed E-state index contributed by atoms with van der Waals surface area (Å²) in [6.07, 6.45) is 8.32. The standard InChI is InChI=1S/C13H22N4O/c1-2-13(4-6-14-10-13)12(18)16-5-3-8-17-9-7-15-11-17/h7,9,11,14H,2-6,8,10H2,1H3,(H,16,18). The number of imidazole rings is 1. The van der Waals surface area contributed by atoms with Gasteiger partial charge in [-0.2, -0.15) is 0 Å². The maximum atomic E-state index is 12.2. The summed E-state index contributed by atoms with van der Waals surface area (Å²) in [5.74, 6) is 0.209. The van der Waals surface area contributed by atoms with Crippen LogP contribution in [0.2, 0.25) is 0 Å². The monoisotopic (exact) mass is 250 g/mol. The van der Waals surface area contributed by atoms with Crippen molar-refractivity contribution in [2.45, 2.75) is 32.7 Å². The third kappa shape index (κ3) is 2.90. The first-order valence-corrected chi connectivity index (χ1v) is 6.71. The summed E-state index contributed by atoms with van der Waals surface area (Å²) in [4.78, 5) is 16.2. The molecule has 0 aliphatic carbocycles. The minimum atomic E-state index is -0.172. The van der Waals surface area contributed by atoms with E-state index in [1.807, 2.05) is 10.8 Å². The van der Waals surface area contributed by atoms with Gasteiger partial charge in [0, 0.05) is 32.0 Å². The largest absolute Gasteiger partial charge is 0.356 e. The van der Waals surface area contributed by atoms with Gasteiger partial charge in [0.1, 0.15) is 0 Å². The summed E-state index contributed by atoms with van der Waals surface area (Å²) in [6, 6.07) is 0. The van der Waals surface area contributed by atoms with Crippen molar-refractivity contribution in [3.05, 3.63) is 18.7 Å². The molecule has 1 aliphatic heterocycles. The van der Waals surface area contributed by atoms with Crippen molar-refractivity contribution in [1.82, 2.24) is 20.2 Å². The average Bonchev–Trinajstić information content (AvgIpc) is 3.05. The lowest BCUT2D eigenvalue weighted by molar-refractivity contribution is -0.130. The second-order valence-electron chi connectivity index (χ2n) is 4.97. The number of nitrogens with zero attached hydrogens (tertiary/aromatic N) is 2. The molecule has 1 saturated heterocycles. The van der Waals surface area contributed by atoms with Gasteiger partial charge in [0.25, 0.3) is 0 Å². The van der Waals surface area contributed by atoms with Crippen LogP contribution in [0.3, 0.4) is 0 Å². The van der Waals surface area contributed by atoms with Gasteiger partial charge >= 0.3 is 0 Å². The number of aryl methyl sites for hydroxylation is 1. The molecule has 2 rings (SSSR count). The zero-order valence-electron chi connectivity index (χ0n) is 11.0. The van der Waals surface area contributed by atoms with Crippen LogP contribution in [0.25, 0.3) is 0 Å². The molecule has 2 heterocycles. The van der Waals surface area contributed by atoms with Crippen molar-refractivity contribution in [3.63, 3.8) is 0 Å². The van der Waals surface area contributed by atoms with Crippen LogP contribution < -0.4 is 10.6 Å². The summed E-state index contributed by atoms with van der Waals surface area (Å²) in [7, 11) is 0. The zero-order chi connectivity index (χ0) is 12.8. The van der Waals surface area contributed by atoms with E-state index in [0.717, 1.165) is 45.4 Å². The Labute approximate surface area is 108 Å². The van der Waals surface area contributed by atoms with Crippen LogP contribution in [0.1, 0.15) is 26.2 Å². The van der Waals surface area contributed by atoms with Gasteiger partial charge in [0.05, 0.1) is 11.7 Å². The van der Waals surface area contributed by atoms with Crippen LogP contribution >= 0.6 is 0 Å². The summed E-state index contributed by atoms with van der Waals surface area (Å²) in [5.41, 5.74) is -0.172. The van der Waals surface area contributed by atoms with E-state index in [9.17, 15) is 4.79 Å². The average molecular weight is 250 g/mol. The molecule has 0 aromatic carbocycles. The highest BCUT2D eigenvalue weighted by Gasteiger charge is 2.38. The Morgan fingerprint density at radius 3 is 3.11 bits per heavy atom. The Morgan fingerprint density at radius 1 is 1.61 bits per heavy atom. The maximum absolute atomic E-state index is 12.2.